The molecule has 6 nitrogen and oxygen atoms in total. The summed E-state index contributed by atoms with van der Waals surface area (Å²) in [6, 6.07) is 8.41. The summed E-state index contributed by atoms with van der Waals surface area (Å²) in [4.78, 5) is 6.95. The number of pyridine rings is 1. The molecule has 152 valence electrons. The summed E-state index contributed by atoms with van der Waals surface area (Å²) in [5, 5.41) is 4.59. The average Bonchev–Trinajstić information content (AvgIpc) is 3.22. The molecule has 3 heterocycles. The molecule has 0 radical (unpaired) electrons. The minimum Gasteiger partial charge on any atom is -0.474 e. The summed E-state index contributed by atoms with van der Waals surface area (Å²) in [6.45, 7) is 7.33. The van der Waals surface area contributed by atoms with Gasteiger partial charge in [-0.15, -0.1) is 0 Å². The molecule has 1 saturated heterocycles. The van der Waals surface area contributed by atoms with Gasteiger partial charge in [0.25, 0.3) is 0 Å². The van der Waals surface area contributed by atoms with Crippen molar-refractivity contribution in [2.24, 2.45) is 0 Å². The average molecular weight is 385 g/mol. The molecule has 6 heteroatoms. The zero-order valence-electron chi connectivity index (χ0n) is 17.3. The van der Waals surface area contributed by atoms with Crippen LogP contribution in [0.5, 0.6) is 5.88 Å². The first-order valence-electron chi connectivity index (χ1n) is 10.5. The highest BCUT2D eigenvalue weighted by molar-refractivity contribution is 5.12. The van der Waals surface area contributed by atoms with Crippen LogP contribution >= 0.6 is 0 Å². The number of methoxy groups -OCH3 is 1. The molecule has 2 aromatic heterocycles. The van der Waals surface area contributed by atoms with E-state index >= 15 is 0 Å². The minimum atomic E-state index is -0.0117. The molecule has 1 saturated carbocycles. The van der Waals surface area contributed by atoms with Gasteiger partial charge >= 0.3 is 0 Å². The quantitative estimate of drug-likeness (QED) is 0.733. The number of aromatic nitrogens is 3. The van der Waals surface area contributed by atoms with Crippen molar-refractivity contribution in [2.45, 2.75) is 70.2 Å². The first kappa shape index (κ1) is 19.4. The lowest BCUT2D eigenvalue weighted by Gasteiger charge is -2.43. The van der Waals surface area contributed by atoms with Crippen LogP contribution in [-0.2, 0) is 11.3 Å². The molecule has 0 N–H and O–H groups in total. The highest BCUT2D eigenvalue weighted by Crippen LogP contribution is 2.43. The number of likely N-dealkylation sites (tertiary alicyclic amines) is 1. The van der Waals surface area contributed by atoms with Crippen molar-refractivity contribution < 1.29 is 9.47 Å². The van der Waals surface area contributed by atoms with Gasteiger partial charge in [-0.25, -0.2) is 4.98 Å². The molecular formula is C22H32N4O2. The topological polar surface area (TPSA) is 52.4 Å². The molecule has 2 fully saturated rings. The molecule has 4 rings (SSSR count). The summed E-state index contributed by atoms with van der Waals surface area (Å²) in [5.41, 5.74) is 2.33. The smallest absolute Gasteiger partial charge is 0.213 e. The Labute approximate surface area is 167 Å². The maximum atomic E-state index is 6.19. The van der Waals surface area contributed by atoms with Crippen molar-refractivity contribution in [3.63, 3.8) is 0 Å². The van der Waals surface area contributed by atoms with Crippen LogP contribution in [0.25, 0.3) is 0 Å². The fourth-order valence-corrected chi connectivity index (χ4v) is 5.04. The Balaban J connectivity index is 1.37. The van der Waals surface area contributed by atoms with E-state index in [0.717, 1.165) is 63.3 Å². The van der Waals surface area contributed by atoms with Gasteiger partial charge in [0.05, 0.1) is 11.3 Å². The number of fused-ring (bicyclic) bond motifs is 1. The van der Waals surface area contributed by atoms with Crippen LogP contribution in [0, 0.1) is 13.8 Å². The summed E-state index contributed by atoms with van der Waals surface area (Å²) in [6.07, 6.45) is 7.30. The van der Waals surface area contributed by atoms with E-state index in [0.29, 0.717) is 6.04 Å². The number of hydrogen-bond acceptors (Lipinski definition) is 5. The van der Waals surface area contributed by atoms with Crippen LogP contribution in [0.15, 0.2) is 30.5 Å². The number of ether oxygens (including phenoxy) is 2. The maximum absolute atomic E-state index is 6.19. The van der Waals surface area contributed by atoms with Crippen LogP contribution in [0.4, 0.5) is 0 Å². The van der Waals surface area contributed by atoms with E-state index in [1.165, 1.54) is 5.69 Å². The van der Waals surface area contributed by atoms with E-state index in [-0.39, 0.29) is 11.7 Å². The third kappa shape index (κ3) is 3.94. The fourth-order valence-electron chi connectivity index (χ4n) is 5.04. The van der Waals surface area contributed by atoms with E-state index < -0.39 is 0 Å². The van der Waals surface area contributed by atoms with E-state index in [1.807, 2.05) is 25.3 Å². The number of nitrogens with zero attached hydrogens (tertiary/aromatic N) is 4. The van der Waals surface area contributed by atoms with Gasteiger partial charge in [-0.05, 0) is 51.7 Å². The van der Waals surface area contributed by atoms with Gasteiger partial charge in [-0.2, -0.15) is 5.10 Å². The number of aryl methyl sites for hydroxylation is 3. The van der Waals surface area contributed by atoms with Gasteiger partial charge in [0.15, 0.2) is 0 Å². The van der Waals surface area contributed by atoms with Crippen LogP contribution in [0.1, 0.15) is 43.5 Å². The van der Waals surface area contributed by atoms with Crippen molar-refractivity contribution in [1.29, 1.82) is 0 Å². The van der Waals surface area contributed by atoms with Gasteiger partial charge in [0.2, 0.25) is 5.88 Å². The Morgan fingerprint density at radius 3 is 2.82 bits per heavy atom. The molecule has 1 aliphatic carbocycles. The van der Waals surface area contributed by atoms with Crippen LogP contribution < -0.4 is 4.74 Å². The van der Waals surface area contributed by atoms with Crippen LogP contribution in [0.2, 0.25) is 0 Å². The molecule has 28 heavy (non-hydrogen) atoms. The monoisotopic (exact) mass is 384 g/mol. The zero-order chi connectivity index (χ0) is 19.6. The second kappa shape index (κ2) is 8.21. The second-order valence-electron chi connectivity index (χ2n) is 8.26. The summed E-state index contributed by atoms with van der Waals surface area (Å²) < 4.78 is 14.4. The first-order chi connectivity index (χ1) is 13.6. The van der Waals surface area contributed by atoms with E-state index in [4.69, 9.17) is 9.47 Å². The lowest BCUT2D eigenvalue weighted by Crippen LogP contribution is -2.52. The molecule has 0 bridgehead atoms. The van der Waals surface area contributed by atoms with Crippen LogP contribution in [0.3, 0.4) is 0 Å². The lowest BCUT2D eigenvalue weighted by molar-refractivity contribution is -0.0833. The number of rotatable bonds is 7. The molecule has 0 spiro atoms. The van der Waals surface area contributed by atoms with Gasteiger partial charge in [-0.3, -0.25) is 9.58 Å². The Morgan fingerprint density at radius 1 is 1.21 bits per heavy atom. The Bertz CT molecular complexity index is 778. The van der Waals surface area contributed by atoms with Crippen molar-refractivity contribution in [2.75, 3.05) is 20.2 Å². The minimum absolute atomic E-state index is 0.0117. The highest BCUT2D eigenvalue weighted by Gasteiger charge is 2.51. The van der Waals surface area contributed by atoms with Crippen molar-refractivity contribution in [1.82, 2.24) is 19.7 Å². The predicted octanol–water partition coefficient (Wildman–Crippen LogP) is 3.38. The highest BCUT2D eigenvalue weighted by atomic mass is 16.5. The SMILES string of the molecule is CO[C@@]12CC[C@H](Oc3ccccn3)C[C@@H]1N(CCCn1nc(C)cc1C)CC2. The predicted molar refractivity (Wildman–Crippen MR) is 109 cm³/mol. The Morgan fingerprint density at radius 2 is 2.11 bits per heavy atom. The van der Waals surface area contributed by atoms with Gasteiger partial charge < -0.3 is 9.47 Å². The van der Waals surface area contributed by atoms with Crippen molar-refractivity contribution in [3.8, 4) is 5.88 Å². The normalized spacial score (nSPS) is 27.7. The standard InChI is InChI=1S/C22H32N4O2/c1-17-15-18(2)26(24-17)13-6-12-25-14-10-22(27-3)9-8-19(16-20(22)25)28-21-7-4-5-11-23-21/h4-5,7,11,15,19-20H,6,8-10,12-14,16H2,1-3H3/t19-,20-,22+/m0/s1. The molecule has 2 aliphatic rings. The third-order valence-corrected chi connectivity index (χ3v) is 6.50. The summed E-state index contributed by atoms with van der Waals surface area (Å²) >= 11 is 0. The Hall–Kier alpha value is -1.92. The zero-order valence-corrected chi connectivity index (χ0v) is 17.3. The fraction of sp³-hybridized carbons (Fsp3) is 0.636. The molecule has 1 aliphatic heterocycles. The van der Waals surface area contributed by atoms with E-state index in [9.17, 15) is 0 Å². The largest absolute Gasteiger partial charge is 0.474 e. The van der Waals surface area contributed by atoms with E-state index in [1.54, 1.807) is 6.20 Å². The molecule has 3 atom stereocenters. The maximum Gasteiger partial charge on any atom is 0.213 e. The molecule has 2 aromatic rings. The Kier molecular flexibility index (Phi) is 5.69. The molecule has 0 amide bonds. The van der Waals surface area contributed by atoms with E-state index in [2.05, 4.69) is 39.6 Å². The van der Waals surface area contributed by atoms with Crippen molar-refractivity contribution in [3.05, 3.63) is 41.9 Å². The second-order valence-corrected chi connectivity index (χ2v) is 8.26. The van der Waals surface area contributed by atoms with Crippen molar-refractivity contribution >= 4 is 0 Å². The van der Waals surface area contributed by atoms with Crippen LogP contribution in [-0.4, -0.2) is 57.6 Å². The van der Waals surface area contributed by atoms with Gasteiger partial charge in [0, 0.05) is 57.2 Å². The first-order valence-corrected chi connectivity index (χ1v) is 10.5. The summed E-state index contributed by atoms with van der Waals surface area (Å²) in [7, 11) is 1.88. The summed E-state index contributed by atoms with van der Waals surface area (Å²) in [5.74, 6) is 0.728. The van der Waals surface area contributed by atoms with Gasteiger partial charge in [-0.1, -0.05) is 6.07 Å². The molecule has 0 aromatic carbocycles. The lowest BCUT2D eigenvalue weighted by atomic mass is 9.79. The molecule has 0 unspecified atom stereocenters. The number of hydrogen-bond donors (Lipinski definition) is 0. The van der Waals surface area contributed by atoms with Gasteiger partial charge in [0.1, 0.15) is 6.10 Å². The third-order valence-electron chi connectivity index (χ3n) is 6.50. The molecular weight excluding hydrogens is 352 g/mol.